The number of carbonyl (C=O) groups is 2. The first kappa shape index (κ1) is 13.3. The van der Waals surface area contributed by atoms with E-state index >= 15 is 0 Å². The van der Waals surface area contributed by atoms with Crippen LogP contribution in [0.3, 0.4) is 0 Å². The van der Waals surface area contributed by atoms with E-state index < -0.39 is 17.9 Å². The Morgan fingerprint density at radius 3 is 3.11 bits per heavy atom. The Balaban J connectivity index is 2.16. The van der Waals surface area contributed by atoms with Crippen molar-refractivity contribution >= 4 is 17.9 Å². The molecule has 1 saturated heterocycles. The molecule has 1 fully saturated rings. The largest absolute Gasteiger partial charge is 0.461 e. The van der Waals surface area contributed by atoms with Gasteiger partial charge in [0.1, 0.15) is 12.3 Å². The van der Waals surface area contributed by atoms with Crippen molar-refractivity contribution in [2.24, 2.45) is 5.73 Å². The van der Waals surface area contributed by atoms with Gasteiger partial charge in [-0.1, -0.05) is 0 Å². The molecule has 0 radical (unpaired) electrons. The Labute approximate surface area is 109 Å². The minimum Gasteiger partial charge on any atom is -0.461 e. The SMILES string of the molecule is CCOC(=O)c1coc(N2CCOCC2C(N)=O)n1. The molecule has 8 nitrogen and oxygen atoms in total. The molecule has 0 bridgehead atoms. The zero-order chi connectivity index (χ0) is 13.8. The number of ether oxygens (including phenoxy) is 2. The van der Waals surface area contributed by atoms with E-state index in [4.69, 9.17) is 19.6 Å². The maximum absolute atomic E-state index is 11.5. The van der Waals surface area contributed by atoms with Gasteiger partial charge in [0.05, 0.1) is 19.8 Å². The second-order valence-electron chi connectivity index (χ2n) is 3.92. The summed E-state index contributed by atoms with van der Waals surface area (Å²) in [5, 5.41) is 0. The summed E-state index contributed by atoms with van der Waals surface area (Å²) in [6.45, 7) is 2.97. The molecule has 19 heavy (non-hydrogen) atoms. The Bertz CT molecular complexity index is 473. The second kappa shape index (κ2) is 5.70. The third-order valence-corrected chi connectivity index (χ3v) is 2.68. The summed E-state index contributed by atoms with van der Waals surface area (Å²) in [5.74, 6) is -1.10. The zero-order valence-corrected chi connectivity index (χ0v) is 10.5. The molecule has 1 aromatic heterocycles. The Hall–Kier alpha value is -2.09. The molecule has 1 unspecified atom stereocenters. The Morgan fingerprint density at radius 2 is 2.42 bits per heavy atom. The molecule has 2 rings (SSSR count). The van der Waals surface area contributed by atoms with E-state index in [0.717, 1.165) is 0 Å². The molecule has 1 aromatic rings. The number of morpholine rings is 1. The van der Waals surface area contributed by atoms with Gasteiger partial charge in [-0.2, -0.15) is 4.98 Å². The van der Waals surface area contributed by atoms with Gasteiger partial charge in [0.2, 0.25) is 5.91 Å². The number of aromatic nitrogens is 1. The number of amides is 1. The number of anilines is 1. The van der Waals surface area contributed by atoms with E-state index in [2.05, 4.69) is 4.98 Å². The van der Waals surface area contributed by atoms with Crippen LogP contribution in [0.4, 0.5) is 6.01 Å². The molecule has 1 aliphatic rings. The summed E-state index contributed by atoms with van der Waals surface area (Å²) in [7, 11) is 0. The van der Waals surface area contributed by atoms with E-state index in [1.807, 2.05) is 0 Å². The van der Waals surface area contributed by atoms with Crippen molar-refractivity contribution in [1.29, 1.82) is 0 Å². The molecular weight excluding hydrogens is 254 g/mol. The lowest BCUT2D eigenvalue weighted by Crippen LogP contribution is -2.52. The number of hydrogen-bond acceptors (Lipinski definition) is 7. The van der Waals surface area contributed by atoms with Crippen LogP contribution < -0.4 is 10.6 Å². The van der Waals surface area contributed by atoms with E-state index in [1.54, 1.807) is 11.8 Å². The van der Waals surface area contributed by atoms with Gasteiger partial charge in [-0.25, -0.2) is 4.79 Å². The fraction of sp³-hybridized carbons (Fsp3) is 0.545. The number of hydrogen-bond donors (Lipinski definition) is 1. The number of primary amides is 1. The van der Waals surface area contributed by atoms with Gasteiger partial charge in [-0.05, 0) is 6.92 Å². The lowest BCUT2D eigenvalue weighted by molar-refractivity contribution is -0.121. The Morgan fingerprint density at radius 1 is 1.63 bits per heavy atom. The van der Waals surface area contributed by atoms with Crippen LogP contribution in [0.1, 0.15) is 17.4 Å². The van der Waals surface area contributed by atoms with Crippen molar-refractivity contribution in [3.8, 4) is 0 Å². The van der Waals surface area contributed by atoms with Crippen LogP contribution in [0.15, 0.2) is 10.7 Å². The van der Waals surface area contributed by atoms with Crippen LogP contribution in [0, 0.1) is 0 Å². The standard InChI is InChI=1S/C11H15N3O5/c1-2-18-10(16)7-5-19-11(13-7)14-3-4-17-6-8(14)9(12)15/h5,8H,2-4,6H2,1H3,(H2,12,15). The smallest absolute Gasteiger partial charge is 0.360 e. The molecular formula is C11H15N3O5. The first-order valence-electron chi connectivity index (χ1n) is 5.89. The fourth-order valence-electron chi connectivity index (χ4n) is 1.76. The van der Waals surface area contributed by atoms with Crippen molar-refractivity contribution in [3.63, 3.8) is 0 Å². The predicted octanol–water partition coefficient (Wildman–Crippen LogP) is -0.458. The van der Waals surface area contributed by atoms with Crippen molar-refractivity contribution in [1.82, 2.24) is 4.98 Å². The molecule has 1 amide bonds. The van der Waals surface area contributed by atoms with Crippen molar-refractivity contribution in [2.45, 2.75) is 13.0 Å². The molecule has 1 atom stereocenters. The maximum Gasteiger partial charge on any atom is 0.360 e. The van der Waals surface area contributed by atoms with Gasteiger partial charge in [0, 0.05) is 6.54 Å². The van der Waals surface area contributed by atoms with Gasteiger partial charge in [0.15, 0.2) is 5.69 Å². The van der Waals surface area contributed by atoms with Crippen LogP contribution in [-0.4, -0.2) is 49.3 Å². The molecule has 2 N–H and O–H groups in total. The van der Waals surface area contributed by atoms with Crippen LogP contribution >= 0.6 is 0 Å². The monoisotopic (exact) mass is 269 g/mol. The molecule has 2 heterocycles. The lowest BCUT2D eigenvalue weighted by Gasteiger charge is -2.31. The third-order valence-electron chi connectivity index (χ3n) is 2.68. The first-order chi connectivity index (χ1) is 9.13. The number of nitrogens with zero attached hydrogens (tertiary/aromatic N) is 2. The number of nitrogens with two attached hydrogens (primary N) is 1. The fourth-order valence-corrected chi connectivity index (χ4v) is 1.76. The highest BCUT2D eigenvalue weighted by Gasteiger charge is 2.31. The van der Waals surface area contributed by atoms with Gasteiger partial charge in [-0.15, -0.1) is 0 Å². The number of esters is 1. The van der Waals surface area contributed by atoms with Gasteiger partial charge >= 0.3 is 5.97 Å². The van der Waals surface area contributed by atoms with Crippen molar-refractivity contribution < 1.29 is 23.5 Å². The van der Waals surface area contributed by atoms with E-state index in [0.29, 0.717) is 13.2 Å². The number of carbonyl (C=O) groups excluding carboxylic acids is 2. The summed E-state index contributed by atoms with van der Waals surface area (Å²) in [4.78, 5) is 28.4. The van der Waals surface area contributed by atoms with Crippen LogP contribution in [0.5, 0.6) is 0 Å². The third kappa shape index (κ3) is 2.84. The molecule has 0 spiro atoms. The van der Waals surface area contributed by atoms with Crippen LogP contribution in [0.2, 0.25) is 0 Å². The number of oxazole rings is 1. The average molecular weight is 269 g/mol. The summed E-state index contributed by atoms with van der Waals surface area (Å²) in [6.07, 6.45) is 1.20. The summed E-state index contributed by atoms with van der Waals surface area (Å²) in [6, 6.07) is -0.488. The van der Waals surface area contributed by atoms with E-state index in [9.17, 15) is 9.59 Å². The minimum absolute atomic E-state index is 0.0616. The average Bonchev–Trinajstić information content (AvgIpc) is 2.88. The molecule has 0 saturated carbocycles. The molecule has 0 aliphatic carbocycles. The molecule has 1 aliphatic heterocycles. The maximum atomic E-state index is 11.5. The minimum atomic E-state index is -0.651. The van der Waals surface area contributed by atoms with Gasteiger partial charge < -0.3 is 24.5 Å². The summed E-state index contributed by atoms with van der Waals surface area (Å²) >= 11 is 0. The lowest BCUT2D eigenvalue weighted by atomic mass is 10.2. The first-order valence-corrected chi connectivity index (χ1v) is 5.89. The highest BCUT2D eigenvalue weighted by atomic mass is 16.5. The summed E-state index contributed by atoms with van der Waals surface area (Å²) < 4.78 is 15.2. The number of rotatable bonds is 4. The van der Waals surface area contributed by atoms with Crippen molar-refractivity contribution in [3.05, 3.63) is 12.0 Å². The topological polar surface area (TPSA) is 108 Å². The Kier molecular flexibility index (Phi) is 4.00. The molecule has 104 valence electrons. The van der Waals surface area contributed by atoms with E-state index in [-0.39, 0.29) is 24.9 Å². The highest BCUT2D eigenvalue weighted by Crippen LogP contribution is 2.19. The second-order valence-corrected chi connectivity index (χ2v) is 3.92. The van der Waals surface area contributed by atoms with Gasteiger partial charge in [-0.3, -0.25) is 4.79 Å². The zero-order valence-electron chi connectivity index (χ0n) is 10.5. The predicted molar refractivity (Wildman–Crippen MR) is 63.6 cm³/mol. The van der Waals surface area contributed by atoms with E-state index in [1.165, 1.54) is 6.26 Å². The van der Waals surface area contributed by atoms with Crippen molar-refractivity contribution in [2.75, 3.05) is 31.3 Å². The summed E-state index contributed by atoms with van der Waals surface area (Å²) in [5.41, 5.74) is 5.35. The molecule has 8 heteroatoms. The highest BCUT2D eigenvalue weighted by molar-refractivity contribution is 5.87. The van der Waals surface area contributed by atoms with Crippen LogP contribution in [-0.2, 0) is 14.3 Å². The normalized spacial score (nSPS) is 19.2. The van der Waals surface area contributed by atoms with Crippen LogP contribution in [0.25, 0.3) is 0 Å². The van der Waals surface area contributed by atoms with Gasteiger partial charge in [0.25, 0.3) is 6.01 Å². The molecule has 0 aromatic carbocycles. The quantitative estimate of drug-likeness (QED) is 0.737.